The van der Waals surface area contributed by atoms with Crippen LogP contribution in [0.25, 0.3) is 0 Å². The van der Waals surface area contributed by atoms with E-state index in [1.165, 1.54) is 13.2 Å². The van der Waals surface area contributed by atoms with Gasteiger partial charge >= 0.3 is 0 Å². The van der Waals surface area contributed by atoms with Crippen LogP contribution in [0.1, 0.15) is 12.5 Å². The number of rotatable bonds is 3. The lowest BCUT2D eigenvalue weighted by atomic mass is 10.0. The molecule has 0 aliphatic carbocycles. The summed E-state index contributed by atoms with van der Waals surface area (Å²) >= 11 is 0. The molecule has 0 fully saturated rings. The van der Waals surface area contributed by atoms with Gasteiger partial charge in [0.15, 0.2) is 11.6 Å². The summed E-state index contributed by atoms with van der Waals surface area (Å²) in [7, 11) is 1.41. The predicted molar refractivity (Wildman–Crippen MR) is 48.1 cm³/mol. The molecule has 2 nitrogen and oxygen atoms in total. The second-order valence-corrected chi connectivity index (χ2v) is 2.76. The van der Waals surface area contributed by atoms with Crippen molar-refractivity contribution in [1.29, 1.82) is 0 Å². The Morgan fingerprint density at radius 2 is 2.23 bits per heavy atom. The van der Waals surface area contributed by atoms with Gasteiger partial charge in [0.2, 0.25) is 0 Å². The van der Waals surface area contributed by atoms with Crippen molar-refractivity contribution in [3.63, 3.8) is 0 Å². The van der Waals surface area contributed by atoms with Gasteiger partial charge in [-0.3, -0.25) is 0 Å². The van der Waals surface area contributed by atoms with Crippen molar-refractivity contribution in [3.05, 3.63) is 35.5 Å². The van der Waals surface area contributed by atoms with E-state index in [0.717, 1.165) is 0 Å². The fourth-order valence-electron chi connectivity index (χ4n) is 1.14. The van der Waals surface area contributed by atoms with Crippen LogP contribution in [0, 0.1) is 11.7 Å². The Balaban J connectivity index is 3.12. The van der Waals surface area contributed by atoms with Gasteiger partial charge in [-0.2, -0.15) is 0 Å². The average Bonchev–Trinajstić information content (AvgIpc) is 2.16. The summed E-state index contributed by atoms with van der Waals surface area (Å²) in [6.45, 7) is 1.64. The summed E-state index contributed by atoms with van der Waals surface area (Å²) in [5, 5.41) is 8.88. The highest BCUT2D eigenvalue weighted by Gasteiger charge is 2.14. The highest BCUT2D eigenvalue weighted by molar-refractivity contribution is 5.43. The average molecular weight is 183 g/mol. The standard InChI is InChI=1S/C10H12FO2/c1-7(6-12)8-4-3-5-9(11)10(8)13-2/h3-5,12H,6H2,1-2H3. The predicted octanol–water partition coefficient (Wildman–Crippen LogP) is 1.77. The Morgan fingerprint density at radius 1 is 1.54 bits per heavy atom. The number of hydrogen-bond acceptors (Lipinski definition) is 2. The summed E-state index contributed by atoms with van der Waals surface area (Å²) < 4.78 is 18.0. The maximum Gasteiger partial charge on any atom is 0.165 e. The fraction of sp³-hybridized carbons (Fsp3) is 0.300. The fourth-order valence-corrected chi connectivity index (χ4v) is 1.14. The minimum atomic E-state index is -0.409. The van der Waals surface area contributed by atoms with Gasteiger partial charge in [0.1, 0.15) is 0 Å². The van der Waals surface area contributed by atoms with Crippen molar-refractivity contribution in [2.45, 2.75) is 6.92 Å². The largest absolute Gasteiger partial charge is 0.493 e. The Labute approximate surface area is 77.0 Å². The van der Waals surface area contributed by atoms with Crippen LogP contribution in [0.4, 0.5) is 4.39 Å². The molecule has 3 heteroatoms. The molecule has 0 heterocycles. The maximum absolute atomic E-state index is 13.1. The van der Waals surface area contributed by atoms with Gasteiger partial charge < -0.3 is 9.84 Å². The third-order valence-corrected chi connectivity index (χ3v) is 1.87. The van der Waals surface area contributed by atoms with Crippen LogP contribution in [0.2, 0.25) is 0 Å². The molecule has 1 N–H and O–H groups in total. The topological polar surface area (TPSA) is 29.5 Å². The van der Waals surface area contributed by atoms with Gasteiger partial charge in [0.25, 0.3) is 0 Å². The first kappa shape index (κ1) is 9.99. The summed E-state index contributed by atoms with van der Waals surface area (Å²) in [6.07, 6.45) is 0. The van der Waals surface area contributed by atoms with Gasteiger partial charge in [0, 0.05) is 11.5 Å². The molecule has 1 aromatic rings. The number of hydrogen-bond donors (Lipinski definition) is 1. The molecule has 0 unspecified atom stereocenters. The Morgan fingerprint density at radius 3 is 2.77 bits per heavy atom. The van der Waals surface area contributed by atoms with Crippen LogP contribution in [0.3, 0.4) is 0 Å². The normalized spacial score (nSPS) is 10.5. The van der Waals surface area contributed by atoms with Crippen molar-refractivity contribution < 1.29 is 14.2 Å². The molecule has 0 aliphatic rings. The summed E-state index contributed by atoms with van der Waals surface area (Å²) in [5.74, 6) is 0.471. The van der Waals surface area contributed by atoms with E-state index in [4.69, 9.17) is 9.84 Å². The van der Waals surface area contributed by atoms with Gasteiger partial charge in [-0.05, 0) is 6.07 Å². The first-order valence-corrected chi connectivity index (χ1v) is 3.97. The molecule has 13 heavy (non-hydrogen) atoms. The number of ether oxygens (including phenoxy) is 1. The molecule has 71 valence electrons. The molecule has 0 spiro atoms. The molecule has 0 saturated heterocycles. The van der Waals surface area contributed by atoms with Crippen LogP contribution in [0.15, 0.2) is 18.2 Å². The Hall–Kier alpha value is -1.09. The minimum Gasteiger partial charge on any atom is -0.493 e. The molecular formula is C10H12FO2. The minimum absolute atomic E-state index is 0.0974. The van der Waals surface area contributed by atoms with E-state index in [-0.39, 0.29) is 12.4 Å². The second-order valence-electron chi connectivity index (χ2n) is 2.76. The molecule has 0 aliphatic heterocycles. The van der Waals surface area contributed by atoms with Gasteiger partial charge in [-0.25, -0.2) is 4.39 Å². The van der Waals surface area contributed by atoms with Crippen molar-refractivity contribution in [1.82, 2.24) is 0 Å². The van der Waals surface area contributed by atoms with Gasteiger partial charge in [0.05, 0.1) is 13.7 Å². The lowest BCUT2D eigenvalue weighted by molar-refractivity contribution is 0.311. The van der Waals surface area contributed by atoms with Crippen LogP contribution >= 0.6 is 0 Å². The first-order chi connectivity index (χ1) is 6.20. The second kappa shape index (κ2) is 4.23. The SMILES string of the molecule is COc1c(F)cccc1[C](C)CO. The van der Waals surface area contributed by atoms with Gasteiger partial charge in [-0.15, -0.1) is 0 Å². The zero-order chi connectivity index (χ0) is 9.84. The Kier molecular flexibility index (Phi) is 3.25. The number of para-hydroxylation sites is 1. The quantitative estimate of drug-likeness (QED) is 0.773. The van der Waals surface area contributed by atoms with E-state index < -0.39 is 5.82 Å². The molecule has 0 bridgehead atoms. The molecule has 0 atom stereocenters. The van der Waals surface area contributed by atoms with Crippen LogP contribution in [0.5, 0.6) is 5.75 Å². The van der Waals surface area contributed by atoms with E-state index in [0.29, 0.717) is 11.5 Å². The van der Waals surface area contributed by atoms with Crippen LogP contribution in [-0.4, -0.2) is 18.8 Å². The molecule has 1 rings (SSSR count). The zero-order valence-corrected chi connectivity index (χ0v) is 7.67. The van der Waals surface area contributed by atoms with Crippen molar-refractivity contribution in [2.24, 2.45) is 0 Å². The maximum atomic E-state index is 13.1. The number of halogens is 1. The van der Waals surface area contributed by atoms with Crippen LogP contribution < -0.4 is 4.74 Å². The zero-order valence-electron chi connectivity index (χ0n) is 7.67. The highest BCUT2D eigenvalue weighted by atomic mass is 19.1. The van der Waals surface area contributed by atoms with E-state index in [1.807, 2.05) is 0 Å². The van der Waals surface area contributed by atoms with Crippen molar-refractivity contribution in [3.8, 4) is 5.75 Å². The summed E-state index contributed by atoms with van der Waals surface area (Å²) in [5.41, 5.74) is 0.616. The molecule has 1 radical (unpaired) electrons. The van der Waals surface area contributed by atoms with E-state index in [9.17, 15) is 4.39 Å². The lowest BCUT2D eigenvalue weighted by Gasteiger charge is -2.12. The number of methoxy groups -OCH3 is 1. The summed E-state index contributed by atoms with van der Waals surface area (Å²) in [4.78, 5) is 0. The third kappa shape index (κ3) is 1.98. The van der Waals surface area contributed by atoms with Crippen LogP contribution in [-0.2, 0) is 0 Å². The summed E-state index contributed by atoms with van der Waals surface area (Å²) in [6, 6.07) is 4.63. The molecule has 1 aromatic carbocycles. The molecule has 0 saturated carbocycles. The first-order valence-electron chi connectivity index (χ1n) is 3.97. The third-order valence-electron chi connectivity index (χ3n) is 1.87. The highest BCUT2D eigenvalue weighted by Crippen LogP contribution is 2.27. The van der Waals surface area contributed by atoms with E-state index >= 15 is 0 Å². The van der Waals surface area contributed by atoms with Crippen molar-refractivity contribution >= 4 is 0 Å². The molecule has 0 aromatic heterocycles. The number of aliphatic hydroxyl groups is 1. The lowest BCUT2D eigenvalue weighted by Crippen LogP contribution is -2.03. The molecular weight excluding hydrogens is 171 g/mol. The number of benzene rings is 1. The number of aliphatic hydroxyl groups excluding tert-OH is 1. The monoisotopic (exact) mass is 183 g/mol. The van der Waals surface area contributed by atoms with Gasteiger partial charge in [-0.1, -0.05) is 19.1 Å². The smallest absolute Gasteiger partial charge is 0.165 e. The Bertz CT molecular complexity index is 286. The van der Waals surface area contributed by atoms with E-state index in [1.54, 1.807) is 19.1 Å². The van der Waals surface area contributed by atoms with E-state index in [2.05, 4.69) is 0 Å². The molecule has 0 amide bonds. The van der Waals surface area contributed by atoms with Crippen molar-refractivity contribution in [2.75, 3.05) is 13.7 Å².